The van der Waals surface area contributed by atoms with Crippen LogP contribution >= 0.6 is 0 Å². The van der Waals surface area contributed by atoms with E-state index in [0.717, 1.165) is 0 Å². The monoisotopic (exact) mass is 262 g/mol. The molecule has 2 N–H and O–H groups in total. The van der Waals surface area contributed by atoms with Crippen LogP contribution in [0.25, 0.3) is 0 Å². The summed E-state index contributed by atoms with van der Waals surface area (Å²) in [6.45, 7) is 2.50. The van der Waals surface area contributed by atoms with Gasteiger partial charge in [-0.05, 0) is 19.1 Å². The molecule has 100 valence electrons. The van der Waals surface area contributed by atoms with Gasteiger partial charge >= 0.3 is 0 Å². The summed E-state index contributed by atoms with van der Waals surface area (Å²) in [5.74, 6) is -0.901. The Balaban J connectivity index is 2.33. The van der Waals surface area contributed by atoms with Gasteiger partial charge in [-0.25, -0.2) is 4.39 Å². The second-order valence-electron chi connectivity index (χ2n) is 4.10. The predicted octanol–water partition coefficient (Wildman–Crippen LogP) is 1.90. The molecule has 1 heterocycles. The van der Waals surface area contributed by atoms with Crippen LogP contribution in [0.15, 0.2) is 30.5 Å². The molecular formula is C13H15FN4O. The summed E-state index contributed by atoms with van der Waals surface area (Å²) >= 11 is 0. The summed E-state index contributed by atoms with van der Waals surface area (Å²) in [5, 5.41) is 4.08. The Bertz CT molecular complexity index is 608. The number of anilines is 2. The zero-order valence-corrected chi connectivity index (χ0v) is 10.8. The molecule has 0 aliphatic carbocycles. The number of carbonyl (C=O) groups is 1. The lowest BCUT2D eigenvalue weighted by Gasteiger charge is -2.16. The minimum atomic E-state index is -0.466. The fourth-order valence-corrected chi connectivity index (χ4v) is 1.76. The number of rotatable bonds is 3. The third-order valence-electron chi connectivity index (χ3n) is 2.84. The van der Waals surface area contributed by atoms with E-state index in [1.54, 1.807) is 23.0 Å². The van der Waals surface area contributed by atoms with Crippen LogP contribution < -0.4 is 10.6 Å². The molecule has 5 nitrogen and oxygen atoms in total. The molecule has 1 amide bonds. The Labute approximate surface area is 110 Å². The van der Waals surface area contributed by atoms with Crippen LogP contribution in [0, 0.1) is 5.82 Å². The van der Waals surface area contributed by atoms with E-state index in [2.05, 4.69) is 5.10 Å². The predicted molar refractivity (Wildman–Crippen MR) is 71.4 cm³/mol. The zero-order valence-electron chi connectivity index (χ0n) is 10.8. The fourth-order valence-electron chi connectivity index (χ4n) is 1.76. The largest absolute Gasteiger partial charge is 0.396 e. The van der Waals surface area contributed by atoms with E-state index in [0.29, 0.717) is 6.54 Å². The summed E-state index contributed by atoms with van der Waals surface area (Å²) in [6, 6.07) is 6.06. The number of amides is 1. The van der Waals surface area contributed by atoms with Crippen LogP contribution in [0.3, 0.4) is 0 Å². The molecule has 2 rings (SSSR count). The number of nitrogens with zero attached hydrogens (tertiary/aromatic N) is 3. The second kappa shape index (κ2) is 5.09. The molecule has 6 heteroatoms. The first-order valence-corrected chi connectivity index (χ1v) is 5.90. The van der Waals surface area contributed by atoms with Gasteiger partial charge in [0.15, 0.2) is 5.69 Å². The molecule has 19 heavy (non-hydrogen) atoms. The molecule has 0 bridgehead atoms. The SMILES string of the molecule is CCn1cc(N)c(C(=O)N(C)c2ccccc2F)n1. The highest BCUT2D eigenvalue weighted by Crippen LogP contribution is 2.20. The molecule has 0 saturated heterocycles. The van der Waals surface area contributed by atoms with Gasteiger partial charge in [-0.1, -0.05) is 12.1 Å². The van der Waals surface area contributed by atoms with Crippen LogP contribution in [0.4, 0.5) is 15.8 Å². The summed E-state index contributed by atoms with van der Waals surface area (Å²) in [6.07, 6.45) is 1.59. The minimum absolute atomic E-state index is 0.132. The van der Waals surface area contributed by atoms with Gasteiger partial charge in [-0.15, -0.1) is 0 Å². The molecule has 0 fully saturated rings. The number of para-hydroxylation sites is 1. The van der Waals surface area contributed by atoms with Gasteiger partial charge < -0.3 is 10.6 Å². The molecule has 0 atom stereocenters. The Morgan fingerprint density at radius 1 is 1.47 bits per heavy atom. The normalized spacial score (nSPS) is 10.5. The van der Waals surface area contributed by atoms with E-state index in [1.807, 2.05) is 6.92 Å². The van der Waals surface area contributed by atoms with Crippen molar-refractivity contribution in [3.8, 4) is 0 Å². The van der Waals surface area contributed by atoms with Gasteiger partial charge in [-0.3, -0.25) is 9.48 Å². The number of aryl methyl sites for hydroxylation is 1. The van der Waals surface area contributed by atoms with Crippen molar-refractivity contribution in [2.45, 2.75) is 13.5 Å². The van der Waals surface area contributed by atoms with Crippen LogP contribution in [0.1, 0.15) is 17.4 Å². The molecule has 2 aromatic rings. The highest BCUT2D eigenvalue weighted by molar-refractivity contribution is 6.07. The maximum Gasteiger partial charge on any atom is 0.280 e. The summed E-state index contributed by atoms with van der Waals surface area (Å²) in [5.41, 5.74) is 6.36. The van der Waals surface area contributed by atoms with Crippen molar-refractivity contribution in [2.24, 2.45) is 0 Å². The number of hydrogen-bond donors (Lipinski definition) is 1. The molecule has 1 aromatic carbocycles. The highest BCUT2D eigenvalue weighted by Gasteiger charge is 2.21. The lowest BCUT2D eigenvalue weighted by Crippen LogP contribution is -2.28. The molecule has 0 spiro atoms. The Kier molecular flexibility index (Phi) is 3.50. The number of halogens is 1. The van der Waals surface area contributed by atoms with E-state index < -0.39 is 11.7 Å². The number of carbonyl (C=O) groups excluding carboxylic acids is 1. The molecule has 0 radical (unpaired) electrons. The fraction of sp³-hybridized carbons (Fsp3) is 0.231. The van der Waals surface area contributed by atoms with Gasteiger partial charge in [0.25, 0.3) is 5.91 Å². The van der Waals surface area contributed by atoms with Crippen molar-refractivity contribution in [3.63, 3.8) is 0 Å². The average molecular weight is 262 g/mol. The van der Waals surface area contributed by atoms with Crippen molar-refractivity contribution in [3.05, 3.63) is 42.0 Å². The van der Waals surface area contributed by atoms with Gasteiger partial charge in [0.2, 0.25) is 0 Å². The number of nitrogens with two attached hydrogens (primary N) is 1. The van der Waals surface area contributed by atoms with Crippen molar-refractivity contribution in [1.82, 2.24) is 9.78 Å². The van der Waals surface area contributed by atoms with E-state index in [4.69, 9.17) is 5.73 Å². The van der Waals surface area contributed by atoms with Crippen molar-refractivity contribution < 1.29 is 9.18 Å². The van der Waals surface area contributed by atoms with Crippen LogP contribution in [-0.2, 0) is 6.54 Å². The van der Waals surface area contributed by atoms with Crippen molar-refractivity contribution >= 4 is 17.3 Å². The smallest absolute Gasteiger partial charge is 0.280 e. The maximum atomic E-state index is 13.6. The van der Waals surface area contributed by atoms with E-state index in [1.165, 1.54) is 24.1 Å². The van der Waals surface area contributed by atoms with Crippen LogP contribution in [0.2, 0.25) is 0 Å². The molecule has 0 unspecified atom stereocenters. The Morgan fingerprint density at radius 2 is 2.16 bits per heavy atom. The first-order valence-electron chi connectivity index (χ1n) is 5.90. The van der Waals surface area contributed by atoms with E-state index in [-0.39, 0.29) is 17.1 Å². The molecule has 1 aromatic heterocycles. The van der Waals surface area contributed by atoms with Gasteiger partial charge in [0, 0.05) is 19.8 Å². The van der Waals surface area contributed by atoms with Crippen molar-refractivity contribution in [2.75, 3.05) is 17.7 Å². The van der Waals surface area contributed by atoms with Gasteiger partial charge in [0.05, 0.1) is 11.4 Å². The Hall–Kier alpha value is -2.37. The lowest BCUT2D eigenvalue weighted by atomic mass is 10.2. The maximum absolute atomic E-state index is 13.6. The summed E-state index contributed by atoms with van der Waals surface area (Å²) in [4.78, 5) is 13.5. The number of aromatic nitrogens is 2. The molecular weight excluding hydrogens is 247 g/mol. The zero-order chi connectivity index (χ0) is 14.0. The lowest BCUT2D eigenvalue weighted by molar-refractivity contribution is 0.0987. The van der Waals surface area contributed by atoms with Gasteiger partial charge in [0.1, 0.15) is 5.82 Å². The second-order valence-corrected chi connectivity index (χ2v) is 4.10. The molecule has 0 saturated carbocycles. The summed E-state index contributed by atoms with van der Waals surface area (Å²) in [7, 11) is 1.49. The first kappa shape index (κ1) is 13.1. The van der Waals surface area contributed by atoms with Crippen molar-refractivity contribution in [1.29, 1.82) is 0 Å². The third-order valence-corrected chi connectivity index (χ3v) is 2.84. The number of hydrogen-bond acceptors (Lipinski definition) is 3. The van der Waals surface area contributed by atoms with Gasteiger partial charge in [-0.2, -0.15) is 5.10 Å². The standard InChI is InChI=1S/C13H15FN4O/c1-3-18-8-10(15)12(16-18)13(19)17(2)11-7-5-4-6-9(11)14/h4-8H,3,15H2,1-2H3. The van der Waals surface area contributed by atoms with Crippen LogP contribution in [0.5, 0.6) is 0 Å². The topological polar surface area (TPSA) is 64.2 Å². The van der Waals surface area contributed by atoms with E-state index >= 15 is 0 Å². The first-order chi connectivity index (χ1) is 9.04. The third kappa shape index (κ3) is 2.42. The van der Waals surface area contributed by atoms with Crippen LogP contribution in [-0.4, -0.2) is 22.7 Å². The summed E-state index contributed by atoms with van der Waals surface area (Å²) < 4.78 is 15.2. The average Bonchev–Trinajstić information content (AvgIpc) is 2.79. The Morgan fingerprint density at radius 3 is 2.74 bits per heavy atom. The van der Waals surface area contributed by atoms with E-state index in [9.17, 15) is 9.18 Å². The minimum Gasteiger partial charge on any atom is -0.396 e. The highest BCUT2D eigenvalue weighted by atomic mass is 19.1. The number of nitrogen functional groups attached to an aromatic ring is 1. The number of benzene rings is 1. The molecule has 0 aliphatic rings. The quantitative estimate of drug-likeness (QED) is 0.918. The molecule has 0 aliphatic heterocycles.